The van der Waals surface area contributed by atoms with Crippen LogP contribution >= 0.6 is 11.3 Å². The van der Waals surface area contributed by atoms with Gasteiger partial charge in [-0.3, -0.25) is 4.79 Å². The molecule has 0 radical (unpaired) electrons. The van der Waals surface area contributed by atoms with E-state index in [1.54, 1.807) is 11.3 Å². The number of ether oxygens (including phenoxy) is 1. The highest BCUT2D eigenvalue weighted by Gasteiger charge is 2.20. The van der Waals surface area contributed by atoms with Crippen LogP contribution in [0.3, 0.4) is 0 Å². The zero-order valence-corrected chi connectivity index (χ0v) is 15.0. The van der Waals surface area contributed by atoms with Crippen molar-refractivity contribution in [2.45, 2.75) is 20.0 Å². The van der Waals surface area contributed by atoms with Gasteiger partial charge in [-0.05, 0) is 26.1 Å². The molecule has 0 saturated carbocycles. The van der Waals surface area contributed by atoms with Crippen LogP contribution in [0.1, 0.15) is 16.3 Å². The van der Waals surface area contributed by atoms with E-state index in [0.29, 0.717) is 13.0 Å². The Bertz CT molecular complexity index is 676. The van der Waals surface area contributed by atoms with Crippen molar-refractivity contribution < 1.29 is 9.53 Å². The van der Waals surface area contributed by atoms with E-state index in [0.717, 1.165) is 42.6 Å². The number of likely N-dealkylation sites (N-methyl/N-ethyl adjacent to an activating group) is 1. The standard InChI is InChI=1S/C18H23N3O2S/c1-14-3-5-16(6-4-14)23-12-17-19-15(13-24-17)11-18(22)21-9-7-20(2)8-10-21/h3-6,13H,7-12H2,1-2H3. The summed E-state index contributed by atoms with van der Waals surface area (Å²) in [5.41, 5.74) is 2.05. The Hall–Kier alpha value is -1.92. The Labute approximate surface area is 146 Å². The van der Waals surface area contributed by atoms with Crippen molar-refractivity contribution in [3.63, 3.8) is 0 Å². The van der Waals surface area contributed by atoms with Gasteiger partial charge in [-0.25, -0.2) is 4.98 Å². The van der Waals surface area contributed by atoms with Crippen molar-refractivity contribution in [2.24, 2.45) is 0 Å². The Balaban J connectivity index is 1.50. The Morgan fingerprint density at radius 1 is 1.21 bits per heavy atom. The fourth-order valence-electron chi connectivity index (χ4n) is 2.60. The minimum absolute atomic E-state index is 0.166. The van der Waals surface area contributed by atoms with Crippen molar-refractivity contribution in [3.8, 4) is 5.75 Å². The lowest BCUT2D eigenvalue weighted by Gasteiger charge is -2.32. The summed E-state index contributed by atoms with van der Waals surface area (Å²) in [5.74, 6) is 1.00. The molecule has 1 amide bonds. The first kappa shape index (κ1) is 16.9. The average Bonchev–Trinajstić information content (AvgIpc) is 3.02. The molecule has 1 aromatic carbocycles. The molecular formula is C18H23N3O2S. The van der Waals surface area contributed by atoms with Gasteiger partial charge in [0.05, 0.1) is 12.1 Å². The molecule has 1 aromatic heterocycles. The zero-order chi connectivity index (χ0) is 16.9. The van der Waals surface area contributed by atoms with Gasteiger partial charge in [0.25, 0.3) is 0 Å². The van der Waals surface area contributed by atoms with Crippen LogP contribution < -0.4 is 4.74 Å². The first-order chi connectivity index (χ1) is 11.6. The third-order valence-corrected chi connectivity index (χ3v) is 5.04. The average molecular weight is 345 g/mol. The molecule has 0 atom stereocenters. The van der Waals surface area contributed by atoms with E-state index in [1.807, 2.05) is 41.5 Å². The van der Waals surface area contributed by atoms with Gasteiger partial charge in [0.2, 0.25) is 5.91 Å². The number of nitrogens with zero attached hydrogens (tertiary/aromatic N) is 3. The SMILES string of the molecule is Cc1ccc(OCc2nc(CC(=O)N3CCN(C)CC3)cs2)cc1. The van der Waals surface area contributed by atoms with E-state index >= 15 is 0 Å². The molecule has 0 aliphatic carbocycles. The summed E-state index contributed by atoms with van der Waals surface area (Å²) in [6.07, 6.45) is 0.380. The lowest BCUT2D eigenvalue weighted by molar-refractivity contribution is -0.132. The van der Waals surface area contributed by atoms with Crippen molar-refractivity contribution >= 4 is 17.2 Å². The number of carbonyl (C=O) groups is 1. The first-order valence-corrected chi connectivity index (χ1v) is 9.07. The van der Waals surface area contributed by atoms with E-state index in [-0.39, 0.29) is 5.91 Å². The van der Waals surface area contributed by atoms with Crippen LogP contribution in [0.25, 0.3) is 0 Å². The maximum Gasteiger partial charge on any atom is 0.228 e. The number of hydrogen-bond donors (Lipinski definition) is 0. The molecule has 3 rings (SSSR count). The van der Waals surface area contributed by atoms with E-state index in [1.165, 1.54) is 5.56 Å². The number of rotatable bonds is 5. The number of piperazine rings is 1. The predicted molar refractivity (Wildman–Crippen MR) is 95.4 cm³/mol. The number of benzene rings is 1. The molecule has 128 valence electrons. The molecule has 1 saturated heterocycles. The Morgan fingerprint density at radius 2 is 1.92 bits per heavy atom. The lowest BCUT2D eigenvalue weighted by Crippen LogP contribution is -2.47. The van der Waals surface area contributed by atoms with E-state index in [2.05, 4.69) is 16.9 Å². The summed E-state index contributed by atoms with van der Waals surface area (Å²) in [5, 5.41) is 2.86. The van der Waals surface area contributed by atoms with Crippen LogP contribution in [-0.4, -0.2) is 53.9 Å². The van der Waals surface area contributed by atoms with Gasteiger partial charge in [-0.1, -0.05) is 17.7 Å². The molecule has 0 unspecified atom stereocenters. The number of aromatic nitrogens is 1. The summed E-state index contributed by atoms with van der Waals surface area (Å²) in [4.78, 5) is 21.0. The summed E-state index contributed by atoms with van der Waals surface area (Å²) >= 11 is 1.55. The highest BCUT2D eigenvalue weighted by atomic mass is 32.1. The number of aryl methyl sites for hydroxylation is 1. The summed E-state index contributed by atoms with van der Waals surface area (Å²) in [6, 6.07) is 7.97. The fraction of sp³-hybridized carbons (Fsp3) is 0.444. The molecule has 1 fully saturated rings. The van der Waals surface area contributed by atoms with Gasteiger partial charge < -0.3 is 14.5 Å². The summed E-state index contributed by atoms with van der Waals surface area (Å²) in [6.45, 7) is 5.99. The van der Waals surface area contributed by atoms with Gasteiger partial charge in [0.15, 0.2) is 0 Å². The van der Waals surface area contributed by atoms with Crippen LogP contribution in [0, 0.1) is 6.92 Å². The van der Waals surface area contributed by atoms with Gasteiger partial charge in [0.1, 0.15) is 17.4 Å². The van der Waals surface area contributed by atoms with Crippen LogP contribution in [0.15, 0.2) is 29.6 Å². The smallest absolute Gasteiger partial charge is 0.228 e. The molecule has 5 nitrogen and oxygen atoms in total. The number of hydrogen-bond acceptors (Lipinski definition) is 5. The number of thiazole rings is 1. The van der Waals surface area contributed by atoms with Gasteiger partial charge in [0, 0.05) is 31.6 Å². The third-order valence-electron chi connectivity index (χ3n) is 4.17. The van der Waals surface area contributed by atoms with E-state index in [4.69, 9.17) is 4.74 Å². The van der Waals surface area contributed by atoms with Crippen molar-refractivity contribution in [1.29, 1.82) is 0 Å². The summed E-state index contributed by atoms with van der Waals surface area (Å²) < 4.78 is 5.74. The molecule has 1 aliphatic rings. The molecule has 0 bridgehead atoms. The predicted octanol–water partition coefficient (Wildman–Crippen LogP) is 2.35. The molecule has 0 spiro atoms. The molecule has 1 aliphatic heterocycles. The van der Waals surface area contributed by atoms with Crippen LogP contribution in [0.4, 0.5) is 0 Å². The monoisotopic (exact) mass is 345 g/mol. The Kier molecular flexibility index (Phi) is 5.48. The molecule has 0 N–H and O–H groups in total. The summed E-state index contributed by atoms with van der Waals surface area (Å²) in [7, 11) is 2.09. The zero-order valence-electron chi connectivity index (χ0n) is 14.2. The minimum atomic E-state index is 0.166. The van der Waals surface area contributed by atoms with E-state index < -0.39 is 0 Å². The fourth-order valence-corrected chi connectivity index (χ4v) is 3.30. The van der Waals surface area contributed by atoms with Gasteiger partial charge in [-0.15, -0.1) is 11.3 Å². The Morgan fingerprint density at radius 3 is 2.62 bits per heavy atom. The number of amides is 1. The van der Waals surface area contributed by atoms with Crippen LogP contribution in [-0.2, 0) is 17.8 Å². The second kappa shape index (κ2) is 7.77. The van der Waals surface area contributed by atoms with Crippen LogP contribution in [0.2, 0.25) is 0 Å². The van der Waals surface area contributed by atoms with Crippen molar-refractivity contribution in [3.05, 3.63) is 45.9 Å². The van der Waals surface area contributed by atoms with Crippen molar-refractivity contribution in [1.82, 2.24) is 14.8 Å². The molecule has 2 aromatic rings. The van der Waals surface area contributed by atoms with Gasteiger partial charge >= 0.3 is 0 Å². The maximum atomic E-state index is 12.3. The minimum Gasteiger partial charge on any atom is -0.486 e. The first-order valence-electron chi connectivity index (χ1n) is 8.19. The second-order valence-electron chi connectivity index (χ2n) is 6.20. The largest absolute Gasteiger partial charge is 0.486 e. The van der Waals surface area contributed by atoms with Crippen molar-refractivity contribution in [2.75, 3.05) is 33.2 Å². The highest BCUT2D eigenvalue weighted by Crippen LogP contribution is 2.17. The molecular weight excluding hydrogens is 322 g/mol. The maximum absolute atomic E-state index is 12.3. The van der Waals surface area contributed by atoms with E-state index in [9.17, 15) is 4.79 Å². The third kappa shape index (κ3) is 4.55. The second-order valence-corrected chi connectivity index (χ2v) is 7.14. The lowest BCUT2D eigenvalue weighted by atomic mass is 10.2. The number of carbonyl (C=O) groups excluding carboxylic acids is 1. The molecule has 2 heterocycles. The topological polar surface area (TPSA) is 45.7 Å². The normalized spacial score (nSPS) is 15.5. The molecule has 24 heavy (non-hydrogen) atoms. The van der Waals surface area contributed by atoms with Gasteiger partial charge in [-0.2, -0.15) is 0 Å². The quantitative estimate of drug-likeness (QED) is 0.834. The van der Waals surface area contributed by atoms with Crippen LogP contribution in [0.5, 0.6) is 5.75 Å². The highest BCUT2D eigenvalue weighted by molar-refractivity contribution is 7.09. The molecule has 6 heteroatoms.